The molecule has 2 aliphatic rings. The number of hydrogen-bond acceptors (Lipinski definition) is 5. The van der Waals surface area contributed by atoms with Crippen molar-refractivity contribution in [1.29, 1.82) is 0 Å². The summed E-state index contributed by atoms with van der Waals surface area (Å²) in [7, 11) is 0. The molecule has 0 saturated carbocycles. The summed E-state index contributed by atoms with van der Waals surface area (Å²) in [6.07, 6.45) is 6.95. The molecule has 2 N–H and O–H groups in total. The predicted octanol–water partition coefficient (Wildman–Crippen LogP) is -1.15. The Morgan fingerprint density at radius 3 is 2.76 bits per heavy atom. The van der Waals surface area contributed by atoms with E-state index in [9.17, 15) is 19.8 Å². The number of halogens is 1. The van der Waals surface area contributed by atoms with Gasteiger partial charge in [0.15, 0.2) is 0 Å². The number of β-lactam (4-membered cyclic amide) rings is 1. The molecule has 2 aliphatic heterocycles. The molecular weight excluding hydrogens is 525 g/mol. The monoisotopic (exact) mass is 547 g/mol. The molecule has 0 aliphatic carbocycles. The van der Waals surface area contributed by atoms with Crippen LogP contribution in [0.2, 0.25) is 0 Å². The van der Waals surface area contributed by atoms with Crippen LogP contribution in [0.1, 0.15) is 18.7 Å². The lowest BCUT2D eigenvalue weighted by atomic mass is 9.77. The number of carbonyl (C=O) groups excluding carboxylic acids is 1. The Kier molecular flexibility index (Phi) is 6.19. The average Bonchev–Trinajstić information content (AvgIpc) is 3.22. The summed E-state index contributed by atoms with van der Waals surface area (Å²) >= 11 is 3.15. The lowest BCUT2D eigenvalue weighted by molar-refractivity contribution is -0.508. The number of aliphatic carboxylic acids is 1. The summed E-state index contributed by atoms with van der Waals surface area (Å²) in [4.78, 5) is 27.8. The maximum absolute atomic E-state index is 12.5. The van der Waals surface area contributed by atoms with Gasteiger partial charge in [0.1, 0.15) is 18.4 Å². The normalized spacial score (nSPS) is 24.3. The van der Waals surface area contributed by atoms with E-state index in [-0.39, 0.29) is 47.5 Å². The average molecular weight is 547 g/mol. The van der Waals surface area contributed by atoms with Crippen LogP contribution in [0.25, 0.3) is 10.4 Å². The Morgan fingerprint density at radius 1 is 1.52 bits per heavy atom. The van der Waals surface area contributed by atoms with E-state index in [2.05, 4.69) is 11.1 Å². The van der Waals surface area contributed by atoms with Crippen molar-refractivity contribution in [2.75, 3.05) is 6.26 Å². The van der Waals surface area contributed by atoms with Crippen LogP contribution in [0, 0.1) is 11.8 Å². The molecule has 4 heterocycles. The van der Waals surface area contributed by atoms with E-state index in [1.165, 1.54) is 16.2 Å². The second-order valence-electron chi connectivity index (χ2n) is 7.19. The maximum atomic E-state index is 12.5. The van der Waals surface area contributed by atoms with Crippen LogP contribution < -0.4 is 28.4 Å². The second kappa shape index (κ2) is 8.05. The van der Waals surface area contributed by atoms with Crippen LogP contribution in [0.5, 0.6) is 0 Å². The number of imidazole rings is 1. The molecule has 10 heteroatoms. The highest BCUT2D eigenvalue weighted by atomic mass is 127. The van der Waals surface area contributed by atoms with Gasteiger partial charge in [-0.25, -0.2) is 9.36 Å². The Balaban J connectivity index is 0.00000240. The zero-order chi connectivity index (χ0) is 20.3. The number of nitrogens with zero attached hydrogens (tertiary/aromatic N) is 3. The first kappa shape index (κ1) is 22.3. The molecule has 1 fully saturated rings. The highest BCUT2D eigenvalue weighted by Gasteiger charge is 2.60. The topological polar surface area (TPSA) is 86.9 Å². The highest BCUT2D eigenvalue weighted by Crippen LogP contribution is 2.51. The first-order valence-corrected chi connectivity index (χ1v) is 11.0. The number of fused-ring (bicyclic) bond motifs is 2. The smallest absolute Gasteiger partial charge is 0.352 e. The Bertz CT molecular complexity index is 1040. The number of carboxylic acids is 1. The van der Waals surface area contributed by atoms with Crippen molar-refractivity contribution in [2.24, 2.45) is 11.8 Å². The van der Waals surface area contributed by atoms with Crippen molar-refractivity contribution in [2.45, 2.75) is 37.6 Å². The van der Waals surface area contributed by atoms with Crippen molar-refractivity contribution < 1.29 is 48.2 Å². The fourth-order valence-electron chi connectivity index (χ4n) is 4.42. The van der Waals surface area contributed by atoms with Gasteiger partial charge in [0.05, 0.1) is 22.9 Å². The summed E-state index contributed by atoms with van der Waals surface area (Å²) < 4.78 is 4.09. The molecule has 0 radical (unpaired) electrons. The summed E-state index contributed by atoms with van der Waals surface area (Å²) in [5, 5.41) is 20.9. The van der Waals surface area contributed by atoms with E-state index in [1.54, 1.807) is 18.7 Å². The standard InChI is InChI=1S/C19H21N3O4S2.HI/c1-5-6-20-8-21-7-11(28-18(21)17(20)27-4)12-9(2)14-13(10(3)23)16(24)22(14)15(12)19(25)26;/h5,7-10,13-14,23H,1,6H2,2-4H3;1H/t9-,10+,13+,14+;/m0./s1. The van der Waals surface area contributed by atoms with Gasteiger partial charge in [-0.3, -0.25) is 4.79 Å². The number of rotatable bonds is 6. The van der Waals surface area contributed by atoms with Gasteiger partial charge in [-0.15, -0.1) is 0 Å². The van der Waals surface area contributed by atoms with Gasteiger partial charge in [-0.05, 0) is 13.2 Å². The molecular formula is C19H22IN3O4S2. The van der Waals surface area contributed by atoms with Gasteiger partial charge in [0.25, 0.3) is 6.33 Å². The Hall–Kier alpha value is -1.37. The third-order valence-corrected chi connectivity index (χ3v) is 7.65. The van der Waals surface area contributed by atoms with E-state index in [0.717, 1.165) is 14.7 Å². The van der Waals surface area contributed by atoms with E-state index >= 15 is 0 Å². The highest BCUT2D eigenvalue weighted by molar-refractivity contribution is 7.98. The van der Waals surface area contributed by atoms with Gasteiger partial charge in [-0.1, -0.05) is 42.7 Å². The Labute approximate surface area is 193 Å². The van der Waals surface area contributed by atoms with Crippen molar-refractivity contribution in [1.82, 2.24) is 9.47 Å². The Morgan fingerprint density at radius 2 is 2.21 bits per heavy atom. The van der Waals surface area contributed by atoms with Gasteiger partial charge in [-0.2, -0.15) is 4.40 Å². The van der Waals surface area contributed by atoms with Crippen molar-refractivity contribution in [3.63, 3.8) is 0 Å². The van der Waals surface area contributed by atoms with Crippen molar-refractivity contribution >= 4 is 45.4 Å². The summed E-state index contributed by atoms with van der Waals surface area (Å²) in [6.45, 7) is 8.01. The number of aliphatic hydroxyl groups excluding tert-OH is 1. The minimum atomic E-state index is -1.10. The third kappa shape index (κ3) is 3.15. The molecule has 4 atom stereocenters. The van der Waals surface area contributed by atoms with Crippen LogP contribution in [0.15, 0.2) is 35.9 Å². The molecule has 7 nitrogen and oxygen atoms in total. The molecule has 0 spiro atoms. The van der Waals surface area contributed by atoms with Crippen LogP contribution in [-0.2, 0) is 16.1 Å². The maximum Gasteiger partial charge on any atom is 0.352 e. The molecule has 0 aromatic carbocycles. The number of aliphatic hydroxyl groups is 1. The first-order valence-electron chi connectivity index (χ1n) is 8.99. The van der Waals surface area contributed by atoms with Crippen molar-refractivity contribution in [3.05, 3.63) is 35.8 Å². The molecule has 1 saturated heterocycles. The van der Waals surface area contributed by atoms with Gasteiger partial charge >= 0.3 is 5.97 Å². The fraction of sp³-hybridized carbons (Fsp3) is 0.421. The van der Waals surface area contributed by atoms with E-state index in [4.69, 9.17) is 0 Å². The largest absolute Gasteiger partial charge is 1.00 e. The lowest BCUT2D eigenvalue weighted by Crippen LogP contribution is -3.00. The molecule has 0 bridgehead atoms. The molecule has 156 valence electrons. The van der Waals surface area contributed by atoms with Gasteiger partial charge in [0, 0.05) is 11.5 Å². The molecule has 1 amide bonds. The molecule has 29 heavy (non-hydrogen) atoms. The number of hydrogen-bond donors (Lipinski definition) is 2. The minimum Gasteiger partial charge on any atom is -1.00 e. The second-order valence-corrected chi connectivity index (χ2v) is 9.02. The van der Waals surface area contributed by atoms with E-state index < -0.39 is 18.0 Å². The number of aromatic nitrogens is 2. The number of thioether (sulfide) groups is 1. The number of carbonyl (C=O) groups is 2. The summed E-state index contributed by atoms with van der Waals surface area (Å²) in [5.41, 5.74) is 0.721. The number of carboxylic acid groups (broad SMARTS) is 1. The molecule has 2 aromatic rings. The zero-order valence-corrected chi connectivity index (χ0v) is 20.0. The lowest BCUT2D eigenvalue weighted by Gasteiger charge is -2.46. The summed E-state index contributed by atoms with van der Waals surface area (Å²) in [6, 6.07) is -0.305. The van der Waals surface area contributed by atoms with Crippen LogP contribution in [0.3, 0.4) is 0 Å². The quantitative estimate of drug-likeness (QED) is 0.157. The summed E-state index contributed by atoms with van der Waals surface area (Å²) in [5.74, 6) is -2.13. The molecule has 0 unspecified atom stereocenters. The fourth-order valence-corrected chi connectivity index (χ4v) is 6.61. The van der Waals surface area contributed by atoms with Crippen LogP contribution >= 0.6 is 23.1 Å². The number of allylic oxidation sites excluding steroid dienone is 1. The third-order valence-electron chi connectivity index (χ3n) is 5.56. The number of thiazole rings is 1. The molecule has 2 aromatic heterocycles. The predicted molar refractivity (Wildman–Crippen MR) is 107 cm³/mol. The zero-order valence-electron chi connectivity index (χ0n) is 16.2. The minimum absolute atomic E-state index is 0. The van der Waals surface area contributed by atoms with Crippen LogP contribution in [-0.4, -0.2) is 50.0 Å². The number of amides is 1. The van der Waals surface area contributed by atoms with Gasteiger partial charge in [0.2, 0.25) is 15.8 Å². The molecule has 4 rings (SSSR count). The van der Waals surface area contributed by atoms with E-state index in [1.807, 2.05) is 36.2 Å². The van der Waals surface area contributed by atoms with E-state index in [0.29, 0.717) is 12.1 Å². The first-order chi connectivity index (χ1) is 13.3. The van der Waals surface area contributed by atoms with Gasteiger partial charge < -0.3 is 39.1 Å². The van der Waals surface area contributed by atoms with Crippen LogP contribution in [0.4, 0.5) is 0 Å². The van der Waals surface area contributed by atoms with Crippen molar-refractivity contribution in [3.8, 4) is 0 Å². The SMILES string of the molecule is C=CCn1c[n+]2cc(C3=C(C(=O)O)N4C(=O)[C@H]([C@@H](C)O)[C@H]4[C@H]3C)sc2c1SC.[I-].